The lowest BCUT2D eigenvalue weighted by Gasteiger charge is -2.03. The van der Waals surface area contributed by atoms with Crippen LogP contribution in [0.5, 0.6) is 0 Å². The van der Waals surface area contributed by atoms with Gasteiger partial charge in [-0.1, -0.05) is 24.3 Å². The first-order valence-electron chi connectivity index (χ1n) is 6.84. The van der Waals surface area contributed by atoms with Gasteiger partial charge in [0, 0.05) is 17.5 Å². The number of hydrogen-bond acceptors (Lipinski definition) is 5. The normalized spacial score (nSPS) is 10.3. The highest BCUT2D eigenvalue weighted by Gasteiger charge is 2.22. The van der Waals surface area contributed by atoms with E-state index in [1.54, 1.807) is 30.3 Å². The number of carbonyl (C=O) groups is 4. The monoisotopic (exact) mass is 314 g/mol. The molecule has 6 nitrogen and oxygen atoms in total. The Morgan fingerprint density at radius 3 is 2.26 bits per heavy atom. The maximum Gasteiger partial charge on any atom is 0.372 e. The molecule has 0 bridgehead atoms. The van der Waals surface area contributed by atoms with Crippen LogP contribution in [0.3, 0.4) is 0 Å². The van der Waals surface area contributed by atoms with Gasteiger partial charge in [-0.05, 0) is 18.6 Å². The van der Waals surface area contributed by atoms with Crippen LogP contribution in [0.15, 0.2) is 41.0 Å². The Hall–Kier alpha value is -3.02. The number of furan rings is 1. The van der Waals surface area contributed by atoms with Crippen molar-refractivity contribution in [3.05, 3.63) is 59.0 Å². The highest BCUT2D eigenvalue weighted by Crippen LogP contribution is 2.18. The van der Waals surface area contributed by atoms with E-state index in [4.69, 9.17) is 9.52 Å². The summed E-state index contributed by atoms with van der Waals surface area (Å²) in [4.78, 5) is 44.8. The average molecular weight is 314 g/mol. The average Bonchev–Trinajstić information content (AvgIpc) is 2.95. The van der Waals surface area contributed by atoms with E-state index in [2.05, 4.69) is 0 Å². The van der Waals surface area contributed by atoms with Gasteiger partial charge in [0.15, 0.2) is 11.5 Å². The molecule has 118 valence electrons. The van der Waals surface area contributed by atoms with Crippen LogP contribution in [0.25, 0.3) is 0 Å². The summed E-state index contributed by atoms with van der Waals surface area (Å²) >= 11 is 0. The highest BCUT2D eigenvalue weighted by atomic mass is 16.4. The molecule has 0 unspecified atom stereocenters. The van der Waals surface area contributed by atoms with Crippen molar-refractivity contribution in [2.45, 2.75) is 19.8 Å². The Morgan fingerprint density at radius 2 is 1.70 bits per heavy atom. The lowest BCUT2D eigenvalue weighted by Crippen LogP contribution is -2.17. The van der Waals surface area contributed by atoms with E-state index >= 15 is 0 Å². The molecule has 1 heterocycles. The fourth-order valence-corrected chi connectivity index (χ4v) is 2.10. The molecule has 2 rings (SSSR count). The molecule has 0 aliphatic rings. The summed E-state index contributed by atoms with van der Waals surface area (Å²) in [7, 11) is 0. The summed E-state index contributed by atoms with van der Waals surface area (Å²) in [5.74, 6) is -3.55. The minimum atomic E-state index is -1.65. The van der Waals surface area contributed by atoms with Crippen LogP contribution in [0.2, 0.25) is 0 Å². The van der Waals surface area contributed by atoms with E-state index in [0.29, 0.717) is 17.5 Å². The first-order valence-corrected chi connectivity index (χ1v) is 6.84. The van der Waals surface area contributed by atoms with Crippen molar-refractivity contribution in [1.82, 2.24) is 0 Å². The van der Waals surface area contributed by atoms with Crippen molar-refractivity contribution in [3.8, 4) is 0 Å². The zero-order chi connectivity index (χ0) is 17.0. The Kier molecular flexibility index (Phi) is 4.85. The van der Waals surface area contributed by atoms with Gasteiger partial charge in [-0.25, -0.2) is 4.79 Å². The van der Waals surface area contributed by atoms with Crippen LogP contribution in [0.1, 0.15) is 45.4 Å². The molecular weight excluding hydrogens is 300 g/mol. The zero-order valence-electron chi connectivity index (χ0n) is 12.4. The lowest BCUT2D eigenvalue weighted by atomic mass is 10.0. The van der Waals surface area contributed by atoms with Crippen molar-refractivity contribution >= 4 is 23.3 Å². The van der Waals surface area contributed by atoms with Crippen molar-refractivity contribution in [2.24, 2.45) is 0 Å². The summed E-state index contributed by atoms with van der Waals surface area (Å²) in [6.45, 7) is 1.47. The van der Waals surface area contributed by atoms with Gasteiger partial charge in [0.2, 0.25) is 11.6 Å². The molecule has 0 radical (unpaired) electrons. The molecular formula is C17H14O6. The van der Waals surface area contributed by atoms with Gasteiger partial charge in [0.25, 0.3) is 0 Å². The molecule has 0 amide bonds. The number of ketones is 3. The van der Waals surface area contributed by atoms with Gasteiger partial charge in [-0.2, -0.15) is 0 Å². The van der Waals surface area contributed by atoms with E-state index in [1.165, 1.54) is 13.2 Å². The quantitative estimate of drug-likeness (QED) is 0.478. The number of benzene rings is 1. The highest BCUT2D eigenvalue weighted by molar-refractivity contribution is 6.37. The molecule has 1 N–H and O–H groups in total. The second-order valence-electron chi connectivity index (χ2n) is 5.03. The van der Waals surface area contributed by atoms with Gasteiger partial charge in [-0.3, -0.25) is 14.4 Å². The smallest absolute Gasteiger partial charge is 0.372 e. The number of aliphatic carboxylic acids is 1. The molecule has 0 fully saturated rings. The van der Waals surface area contributed by atoms with Crippen molar-refractivity contribution in [2.75, 3.05) is 0 Å². The van der Waals surface area contributed by atoms with Gasteiger partial charge in [0.1, 0.15) is 0 Å². The molecule has 0 atom stereocenters. The van der Waals surface area contributed by atoms with Crippen molar-refractivity contribution < 1.29 is 28.7 Å². The number of Topliss-reactive ketones (excluding diaryl/α,β-unsaturated/α-hetero) is 3. The maximum atomic E-state index is 12.0. The van der Waals surface area contributed by atoms with Gasteiger partial charge in [-0.15, -0.1) is 0 Å². The van der Waals surface area contributed by atoms with E-state index < -0.39 is 24.0 Å². The standard InChI is InChI=1S/C17H14O6/c1-10(18)12-4-2-11(3-5-12)8-13-6-7-23-16(13)14(19)9-15(20)17(21)22/h2-7H,8-9H2,1H3,(H,21,22). The molecule has 23 heavy (non-hydrogen) atoms. The molecule has 0 aliphatic heterocycles. The SMILES string of the molecule is CC(=O)c1ccc(Cc2ccoc2C(=O)CC(=O)C(=O)O)cc1. The molecule has 0 saturated carbocycles. The Bertz CT molecular complexity index is 767. The predicted octanol–water partition coefficient (Wildman–Crippen LogP) is 2.30. The van der Waals surface area contributed by atoms with Crippen LogP contribution in [0, 0.1) is 0 Å². The number of carboxylic acid groups (broad SMARTS) is 1. The van der Waals surface area contributed by atoms with Gasteiger partial charge < -0.3 is 9.52 Å². The Balaban J connectivity index is 2.14. The second kappa shape index (κ2) is 6.83. The fraction of sp³-hybridized carbons (Fsp3) is 0.176. The molecule has 1 aromatic heterocycles. The molecule has 1 aromatic carbocycles. The third kappa shape index (κ3) is 4.00. The molecule has 0 saturated heterocycles. The van der Waals surface area contributed by atoms with Crippen LogP contribution >= 0.6 is 0 Å². The Morgan fingerprint density at radius 1 is 1.04 bits per heavy atom. The summed E-state index contributed by atoms with van der Waals surface area (Å²) in [6, 6.07) is 8.50. The topological polar surface area (TPSA) is 102 Å². The van der Waals surface area contributed by atoms with Crippen molar-refractivity contribution in [1.29, 1.82) is 0 Å². The largest absolute Gasteiger partial charge is 0.475 e. The Labute approximate surface area is 131 Å². The van der Waals surface area contributed by atoms with E-state index in [1.807, 2.05) is 0 Å². The summed E-state index contributed by atoms with van der Waals surface area (Å²) in [5, 5.41) is 8.54. The second-order valence-corrected chi connectivity index (χ2v) is 5.03. The van der Waals surface area contributed by atoms with Crippen LogP contribution in [-0.4, -0.2) is 28.4 Å². The maximum absolute atomic E-state index is 12.0. The molecule has 0 aliphatic carbocycles. The molecule has 0 spiro atoms. The minimum absolute atomic E-state index is 0.0183. The van der Waals surface area contributed by atoms with Gasteiger partial charge in [0.05, 0.1) is 12.7 Å². The van der Waals surface area contributed by atoms with Gasteiger partial charge >= 0.3 is 5.97 Å². The lowest BCUT2D eigenvalue weighted by molar-refractivity contribution is -0.148. The third-order valence-corrected chi connectivity index (χ3v) is 3.31. The van der Waals surface area contributed by atoms with Crippen LogP contribution in [-0.2, 0) is 16.0 Å². The van der Waals surface area contributed by atoms with E-state index in [0.717, 1.165) is 5.56 Å². The van der Waals surface area contributed by atoms with Crippen LogP contribution in [0.4, 0.5) is 0 Å². The van der Waals surface area contributed by atoms with Crippen LogP contribution < -0.4 is 0 Å². The number of carboxylic acids is 1. The summed E-state index contributed by atoms with van der Waals surface area (Å²) in [6.07, 6.45) is 0.952. The summed E-state index contributed by atoms with van der Waals surface area (Å²) < 4.78 is 5.09. The molecule has 2 aromatic rings. The van der Waals surface area contributed by atoms with E-state index in [9.17, 15) is 19.2 Å². The van der Waals surface area contributed by atoms with Crippen molar-refractivity contribution in [3.63, 3.8) is 0 Å². The third-order valence-electron chi connectivity index (χ3n) is 3.31. The number of hydrogen-bond donors (Lipinski definition) is 1. The summed E-state index contributed by atoms with van der Waals surface area (Å²) in [5.41, 5.74) is 2.00. The first-order chi connectivity index (χ1) is 10.9. The predicted molar refractivity (Wildman–Crippen MR) is 79.6 cm³/mol. The first kappa shape index (κ1) is 16.4. The fourth-order valence-electron chi connectivity index (χ4n) is 2.10. The number of rotatable bonds is 7. The minimum Gasteiger partial charge on any atom is -0.475 e. The van der Waals surface area contributed by atoms with E-state index in [-0.39, 0.29) is 11.5 Å². The molecule has 6 heteroatoms. The number of carbonyl (C=O) groups excluding carboxylic acids is 3. The zero-order valence-corrected chi connectivity index (χ0v) is 12.4.